The van der Waals surface area contributed by atoms with Crippen LogP contribution in [-0.4, -0.2) is 34.1 Å². The summed E-state index contributed by atoms with van der Waals surface area (Å²) in [6.07, 6.45) is -2.90. The first-order valence-electron chi connectivity index (χ1n) is 9.62. The molecule has 0 atom stereocenters. The second-order valence-electron chi connectivity index (χ2n) is 7.54. The molecule has 6 nitrogen and oxygen atoms in total. The molecule has 0 spiro atoms. The van der Waals surface area contributed by atoms with Crippen molar-refractivity contribution in [3.05, 3.63) is 76.2 Å². The molecule has 0 aliphatic carbocycles. The number of anilines is 1. The quantitative estimate of drug-likeness (QED) is 0.708. The largest absolute Gasteiger partial charge is 0.478 e. The number of halogens is 4. The highest BCUT2D eigenvalue weighted by Gasteiger charge is 2.38. The minimum Gasteiger partial charge on any atom is -0.478 e. The first-order valence-corrected chi connectivity index (χ1v) is 9.62. The van der Waals surface area contributed by atoms with Gasteiger partial charge in [0.05, 0.1) is 28.1 Å². The van der Waals surface area contributed by atoms with E-state index < -0.39 is 29.4 Å². The number of rotatable bonds is 4. The third-order valence-electron chi connectivity index (χ3n) is 5.31. The number of hydrogen-bond donors (Lipinski definition) is 1. The van der Waals surface area contributed by atoms with Crippen LogP contribution in [0.5, 0.6) is 0 Å². The normalized spacial score (nSPS) is 16.1. The molecule has 2 aromatic carbocycles. The summed E-state index contributed by atoms with van der Waals surface area (Å²) >= 11 is 0. The van der Waals surface area contributed by atoms with Crippen molar-refractivity contribution in [3.63, 3.8) is 0 Å². The predicted octanol–water partition coefficient (Wildman–Crippen LogP) is 4.34. The molecule has 2 aromatic rings. The van der Waals surface area contributed by atoms with Crippen molar-refractivity contribution in [2.24, 2.45) is 5.10 Å². The van der Waals surface area contributed by atoms with Gasteiger partial charge in [-0.2, -0.15) is 23.3 Å². The number of hydrogen-bond acceptors (Lipinski definition) is 4. The van der Waals surface area contributed by atoms with Crippen LogP contribution in [-0.2, 0) is 17.5 Å². The molecule has 0 saturated carbocycles. The lowest BCUT2D eigenvalue weighted by Gasteiger charge is -2.25. The lowest BCUT2D eigenvalue weighted by Crippen LogP contribution is -2.29. The first kappa shape index (κ1) is 21.5. The summed E-state index contributed by atoms with van der Waals surface area (Å²) in [5.41, 5.74) is 0.739. The van der Waals surface area contributed by atoms with Crippen molar-refractivity contribution in [1.29, 1.82) is 0 Å². The van der Waals surface area contributed by atoms with Crippen molar-refractivity contribution in [1.82, 2.24) is 4.90 Å². The van der Waals surface area contributed by atoms with Gasteiger partial charge in [0.25, 0.3) is 5.91 Å². The standard InChI is InChI=1S/C22H17F4N3O3/c1-12-8-13(2-4-15(12)21(31)32)10-28-7-6-19-16(11-28)20(30)29(27-19)14-3-5-18(23)17(9-14)22(24,25)26/h2-5,8-9,11H,6-7,10H2,1H3,(H,31,32). The van der Waals surface area contributed by atoms with Gasteiger partial charge in [0.2, 0.25) is 0 Å². The third kappa shape index (κ3) is 3.95. The van der Waals surface area contributed by atoms with Crippen LogP contribution in [0, 0.1) is 12.7 Å². The third-order valence-corrected chi connectivity index (χ3v) is 5.31. The fourth-order valence-electron chi connectivity index (χ4n) is 3.73. The van der Waals surface area contributed by atoms with Gasteiger partial charge in [0, 0.05) is 25.7 Å². The molecule has 2 aliphatic rings. The van der Waals surface area contributed by atoms with E-state index in [2.05, 4.69) is 5.10 Å². The SMILES string of the molecule is Cc1cc(CN2C=C3C(=O)N(c4ccc(F)c(C(F)(F)F)c4)N=C3CC2)ccc1C(=O)O. The lowest BCUT2D eigenvalue weighted by molar-refractivity contribution is -0.140. The maximum Gasteiger partial charge on any atom is 0.419 e. The Labute approximate surface area is 180 Å². The summed E-state index contributed by atoms with van der Waals surface area (Å²) in [5, 5.41) is 14.2. The zero-order valence-electron chi connectivity index (χ0n) is 16.8. The van der Waals surface area contributed by atoms with Gasteiger partial charge in [0.1, 0.15) is 5.82 Å². The molecule has 166 valence electrons. The first-order chi connectivity index (χ1) is 15.0. The van der Waals surface area contributed by atoms with Gasteiger partial charge < -0.3 is 10.0 Å². The number of carboxylic acid groups (broad SMARTS) is 1. The fraction of sp³-hybridized carbons (Fsp3) is 0.227. The summed E-state index contributed by atoms with van der Waals surface area (Å²) in [6.45, 7) is 2.63. The van der Waals surface area contributed by atoms with Crippen molar-refractivity contribution in [2.45, 2.75) is 26.1 Å². The van der Waals surface area contributed by atoms with E-state index in [-0.39, 0.29) is 16.8 Å². The number of aromatic carboxylic acids is 1. The molecule has 2 aliphatic heterocycles. The second-order valence-corrected chi connectivity index (χ2v) is 7.54. The monoisotopic (exact) mass is 447 g/mol. The Kier molecular flexibility index (Phi) is 5.23. The van der Waals surface area contributed by atoms with Gasteiger partial charge in [-0.1, -0.05) is 12.1 Å². The van der Waals surface area contributed by atoms with E-state index in [1.54, 1.807) is 25.3 Å². The van der Waals surface area contributed by atoms with E-state index in [9.17, 15) is 27.2 Å². The number of carboxylic acids is 1. The fourth-order valence-corrected chi connectivity index (χ4v) is 3.73. The Bertz CT molecular complexity index is 1190. The minimum absolute atomic E-state index is 0.169. The summed E-state index contributed by atoms with van der Waals surface area (Å²) < 4.78 is 52.7. The number of nitrogens with zero attached hydrogens (tertiary/aromatic N) is 3. The van der Waals surface area contributed by atoms with Crippen LogP contribution >= 0.6 is 0 Å². The number of carbonyl (C=O) groups excluding carboxylic acids is 1. The predicted molar refractivity (Wildman–Crippen MR) is 108 cm³/mol. The average molecular weight is 447 g/mol. The summed E-state index contributed by atoms with van der Waals surface area (Å²) in [6, 6.07) is 7.28. The zero-order valence-corrected chi connectivity index (χ0v) is 16.8. The summed E-state index contributed by atoms with van der Waals surface area (Å²) in [4.78, 5) is 25.9. The Balaban J connectivity index is 1.57. The smallest absolute Gasteiger partial charge is 0.419 e. The summed E-state index contributed by atoms with van der Waals surface area (Å²) in [7, 11) is 0. The Morgan fingerprint density at radius 1 is 1.19 bits per heavy atom. The van der Waals surface area contributed by atoms with Crippen LogP contribution in [0.1, 0.15) is 33.5 Å². The van der Waals surface area contributed by atoms with Crippen molar-refractivity contribution < 1.29 is 32.3 Å². The number of aryl methyl sites for hydroxylation is 1. The van der Waals surface area contributed by atoms with Gasteiger partial charge >= 0.3 is 12.1 Å². The highest BCUT2D eigenvalue weighted by atomic mass is 19.4. The van der Waals surface area contributed by atoms with E-state index in [1.807, 2.05) is 4.90 Å². The maximum absolute atomic E-state index is 13.6. The number of fused-ring (bicyclic) bond motifs is 1. The van der Waals surface area contributed by atoms with Gasteiger partial charge in [-0.3, -0.25) is 4.79 Å². The minimum atomic E-state index is -4.90. The van der Waals surface area contributed by atoms with E-state index in [1.165, 1.54) is 6.07 Å². The Morgan fingerprint density at radius 2 is 1.94 bits per heavy atom. The number of carbonyl (C=O) groups is 2. The number of alkyl halides is 3. The molecule has 0 radical (unpaired) electrons. The molecule has 0 unspecified atom stereocenters. The molecule has 0 aromatic heterocycles. The molecule has 32 heavy (non-hydrogen) atoms. The molecular formula is C22H17F4N3O3. The van der Waals surface area contributed by atoms with Crippen molar-refractivity contribution >= 4 is 23.3 Å². The topological polar surface area (TPSA) is 73.2 Å². The van der Waals surface area contributed by atoms with Crippen molar-refractivity contribution in [3.8, 4) is 0 Å². The second kappa shape index (κ2) is 7.77. The van der Waals surface area contributed by atoms with E-state index in [0.717, 1.165) is 16.6 Å². The maximum atomic E-state index is 13.6. The van der Waals surface area contributed by atoms with Gasteiger partial charge in [-0.25, -0.2) is 9.18 Å². The average Bonchev–Trinajstić information content (AvgIpc) is 3.03. The molecule has 10 heteroatoms. The molecule has 1 amide bonds. The molecular weight excluding hydrogens is 430 g/mol. The van der Waals surface area contributed by atoms with Gasteiger partial charge in [-0.05, 0) is 42.3 Å². The molecule has 0 bridgehead atoms. The highest BCUT2D eigenvalue weighted by molar-refractivity contribution is 6.30. The van der Waals surface area contributed by atoms with E-state index in [4.69, 9.17) is 5.11 Å². The van der Waals surface area contributed by atoms with E-state index >= 15 is 0 Å². The van der Waals surface area contributed by atoms with Crippen molar-refractivity contribution in [2.75, 3.05) is 11.6 Å². The Morgan fingerprint density at radius 3 is 2.59 bits per heavy atom. The van der Waals surface area contributed by atoms with Gasteiger partial charge in [0.15, 0.2) is 0 Å². The van der Waals surface area contributed by atoms with Crippen LogP contribution in [0.15, 0.2) is 53.3 Å². The molecule has 4 rings (SSSR count). The zero-order chi connectivity index (χ0) is 23.2. The molecule has 1 N–H and O–H groups in total. The number of amides is 1. The molecule has 0 saturated heterocycles. The Hall–Kier alpha value is -3.69. The summed E-state index contributed by atoms with van der Waals surface area (Å²) in [5.74, 6) is -3.03. The van der Waals surface area contributed by atoms with E-state index in [0.29, 0.717) is 42.9 Å². The highest BCUT2D eigenvalue weighted by Crippen LogP contribution is 2.35. The number of hydrazone groups is 1. The molecule has 0 fully saturated rings. The van der Waals surface area contributed by atoms with Crippen LogP contribution < -0.4 is 5.01 Å². The number of benzene rings is 2. The molecule has 2 heterocycles. The van der Waals surface area contributed by atoms with Crippen LogP contribution in [0.4, 0.5) is 23.2 Å². The van der Waals surface area contributed by atoms with Crippen LogP contribution in [0.3, 0.4) is 0 Å². The van der Waals surface area contributed by atoms with Gasteiger partial charge in [-0.15, -0.1) is 0 Å². The lowest BCUT2D eigenvalue weighted by atomic mass is 10.0. The van der Waals surface area contributed by atoms with Crippen LogP contribution in [0.25, 0.3) is 0 Å². The van der Waals surface area contributed by atoms with Crippen LogP contribution in [0.2, 0.25) is 0 Å².